The summed E-state index contributed by atoms with van der Waals surface area (Å²) in [4.78, 5) is 21.0. The molecule has 1 aliphatic rings. The smallest absolute Gasteiger partial charge is 0.270 e. The van der Waals surface area contributed by atoms with Crippen molar-refractivity contribution in [2.75, 3.05) is 12.1 Å². The summed E-state index contributed by atoms with van der Waals surface area (Å²) in [6.07, 6.45) is 0.967. The highest BCUT2D eigenvalue weighted by molar-refractivity contribution is 5.92. The Hall–Kier alpha value is -2.83. The molecule has 0 spiro atoms. The minimum Gasteiger partial charge on any atom is -0.454 e. The van der Waals surface area contributed by atoms with Crippen molar-refractivity contribution >= 4 is 11.7 Å². The van der Waals surface area contributed by atoms with Crippen molar-refractivity contribution < 1.29 is 14.3 Å². The van der Waals surface area contributed by atoms with E-state index in [-0.39, 0.29) is 18.7 Å². The topological polar surface area (TPSA) is 85.4 Å². The third-order valence-corrected chi connectivity index (χ3v) is 3.97. The third-order valence-electron chi connectivity index (χ3n) is 3.97. The van der Waals surface area contributed by atoms with Crippen molar-refractivity contribution in [3.05, 3.63) is 41.3 Å². The molecule has 1 unspecified atom stereocenters. The zero-order valence-corrected chi connectivity index (χ0v) is 14.6. The SMILES string of the molecule is CCC(C)Nc1cc(C(=O)NCc2ccc3c(c2)OCO3)nc(C)n1. The molecular formula is C18H22N4O3. The summed E-state index contributed by atoms with van der Waals surface area (Å²) in [5.41, 5.74) is 1.28. The highest BCUT2D eigenvalue weighted by Gasteiger charge is 2.15. The Balaban J connectivity index is 1.66. The predicted octanol–water partition coefficient (Wildman–Crippen LogP) is 2.65. The monoisotopic (exact) mass is 342 g/mol. The molecule has 1 aromatic heterocycles. The molecule has 0 fully saturated rings. The average Bonchev–Trinajstić information content (AvgIpc) is 3.06. The molecule has 0 saturated heterocycles. The Morgan fingerprint density at radius 2 is 2.04 bits per heavy atom. The van der Waals surface area contributed by atoms with E-state index < -0.39 is 0 Å². The molecular weight excluding hydrogens is 320 g/mol. The van der Waals surface area contributed by atoms with Crippen LogP contribution in [0.2, 0.25) is 0 Å². The highest BCUT2D eigenvalue weighted by atomic mass is 16.7. The molecule has 3 rings (SSSR count). The summed E-state index contributed by atoms with van der Waals surface area (Å²) in [6.45, 7) is 6.54. The van der Waals surface area contributed by atoms with Gasteiger partial charge in [0.05, 0.1) is 0 Å². The lowest BCUT2D eigenvalue weighted by Crippen LogP contribution is -2.25. The number of nitrogens with one attached hydrogen (secondary N) is 2. The van der Waals surface area contributed by atoms with Crippen LogP contribution < -0.4 is 20.1 Å². The van der Waals surface area contributed by atoms with Gasteiger partial charge in [0.25, 0.3) is 5.91 Å². The van der Waals surface area contributed by atoms with Gasteiger partial charge in [-0.15, -0.1) is 0 Å². The largest absolute Gasteiger partial charge is 0.454 e. The van der Waals surface area contributed by atoms with Crippen LogP contribution in [0.4, 0.5) is 5.82 Å². The molecule has 1 amide bonds. The van der Waals surface area contributed by atoms with Crippen LogP contribution in [0.5, 0.6) is 11.5 Å². The molecule has 25 heavy (non-hydrogen) atoms. The number of fused-ring (bicyclic) bond motifs is 1. The number of amides is 1. The zero-order valence-electron chi connectivity index (χ0n) is 14.6. The van der Waals surface area contributed by atoms with E-state index in [1.54, 1.807) is 13.0 Å². The molecule has 7 nitrogen and oxygen atoms in total. The van der Waals surface area contributed by atoms with Gasteiger partial charge in [0.2, 0.25) is 6.79 Å². The lowest BCUT2D eigenvalue weighted by atomic mass is 10.2. The molecule has 2 heterocycles. The van der Waals surface area contributed by atoms with Crippen molar-refractivity contribution in [2.45, 2.75) is 39.8 Å². The number of carbonyl (C=O) groups excluding carboxylic acids is 1. The molecule has 0 saturated carbocycles. The predicted molar refractivity (Wildman–Crippen MR) is 93.9 cm³/mol. The van der Waals surface area contributed by atoms with Crippen molar-refractivity contribution in [3.63, 3.8) is 0 Å². The molecule has 1 aliphatic heterocycles. The molecule has 0 bridgehead atoms. The second-order valence-electron chi connectivity index (χ2n) is 6.01. The summed E-state index contributed by atoms with van der Waals surface area (Å²) in [6, 6.07) is 7.55. The van der Waals surface area contributed by atoms with E-state index in [9.17, 15) is 4.79 Å². The number of carbonyl (C=O) groups is 1. The summed E-state index contributed by atoms with van der Waals surface area (Å²) in [5, 5.41) is 6.14. The summed E-state index contributed by atoms with van der Waals surface area (Å²) in [7, 11) is 0. The fraction of sp³-hybridized carbons (Fsp3) is 0.389. The van der Waals surface area contributed by atoms with E-state index in [1.807, 2.05) is 18.2 Å². The van der Waals surface area contributed by atoms with Crippen LogP contribution in [-0.4, -0.2) is 28.7 Å². The average molecular weight is 342 g/mol. The van der Waals surface area contributed by atoms with Gasteiger partial charge in [-0.2, -0.15) is 0 Å². The fourth-order valence-electron chi connectivity index (χ4n) is 2.44. The van der Waals surface area contributed by atoms with E-state index in [2.05, 4.69) is 34.4 Å². The molecule has 2 N–H and O–H groups in total. The van der Waals surface area contributed by atoms with Gasteiger partial charge < -0.3 is 20.1 Å². The van der Waals surface area contributed by atoms with Gasteiger partial charge in [0, 0.05) is 18.7 Å². The maximum Gasteiger partial charge on any atom is 0.270 e. The third kappa shape index (κ3) is 4.17. The van der Waals surface area contributed by atoms with Crippen LogP contribution in [0.25, 0.3) is 0 Å². The first kappa shape index (κ1) is 17.0. The fourth-order valence-corrected chi connectivity index (χ4v) is 2.44. The minimum atomic E-state index is -0.240. The standard InChI is InChI=1S/C18H22N4O3/c1-4-11(2)20-17-8-14(21-12(3)22-17)18(23)19-9-13-5-6-15-16(7-13)25-10-24-15/h5-8,11H,4,9-10H2,1-3H3,(H,19,23)(H,20,21,22). The normalized spacial score (nSPS) is 13.4. The number of hydrogen-bond acceptors (Lipinski definition) is 6. The van der Waals surface area contributed by atoms with Crippen LogP contribution in [0, 0.1) is 6.92 Å². The first-order valence-corrected chi connectivity index (χ1v) is 8.34. The first-order chi connectivity index (χ1) is 12.0. The van der Waals surface area contributed by atoms with Crippen LogP contribution in [0.1, 0.15) is 42.1 Å². The molecule has 132 valence electrons. The van der Waals surface area contributed by atoms with Gasteiger partial charge in [-0.3, -0.25) is 4.79 Å². The second kappa shape index (κ2) is 7.38. The Labute approximate surface area is 146 Å². The number of ether oxygens (including phenoxy) is 2. The van der Waals surface area contributed by atoms with E-state index in [0.29, 0.717) is 29.6 Å². The maximum absolute atomic E-state index is 12.4. The number of nitrogens with zero attached hydrogens (tertiary/aromatic N) is 2. The molecule has 0 radical (unpaired) electrons. The van der Waals surface area contributed by atoms with Gasteiger partial charge in [0.1, 0.15) is 17.3 Å². The van der Waals surface area contributed by atoms with Gasteiger partial charge in [-0.05, 0) is 38.0 Å². The zero-order chi connectivity index (χ0) is 17.8. The van der Waals surface area contributed by atoms with Crippen molar-refractivity contribution in [2.24, 2.45) is 0 Å². The van der Waals surface area contributed by atoms with Crippen molar-refractivity contribution in [3.8, 4) is 11.5 Å². The van der Waals surface area contributed by atoms with E-state index in [0.717, 1.165) is 17.7 Å². The molecule has 7 heteroatoms. The molecule has 2 aromatic rings. The lowest BCUT2D eigenvalue weighted by Gasteiger charge is -2.13. The van der Waals surface area contributed by atoms with Crippen molar-refractivity contribution in [1.82, 2.24) is 15.3 Å². The van der Waals surface area contributed by atoms with Crippen LogP contribution in [0.15, 0.2) is 24.3 Å². The van der Waals surface area contributed by atoms with E-state index in [4.69, 9.17) is 9.47 Å². The number of rotatable bonds is 6. The number of anilines is 1. The maximum atomic E-state index is 12.4. The molecule has 1 atom stereocenters. The summed E-state index contributed by atoms with van der Waals surface area (Å²) >= 11 is 0. The lowest BCUT2D eigenvalue weighted by molar-refractivity contribution is 0.0945. The van der Waals surface area contributed by atoms with Crippen LogP contribution in [0.3, 0.4) is 0 Å². The number of aryl methyl sites for hydroxylation is 1. The Morgan fingerprint density at radius 3 is 2.84 bits per heavy atom. The minimum absolute atomic E-state index is 0.233. The highest BCUT2D eigenvalue weighted by Crippen LogP contribution is 2.32. The van der Waals surface area contributed by atoms with Crippen LogP contribution >= 0.6 is 0 Å². The Morgan fingerprint density at radius 1 is 1.24 bits per heavy atom. The van der Waals surface area contributed by atoms with Gasteiger partial charge in [-0.25, -0.2) is 9.97 Å². The Kier molecular flexibility index (Phi) is 5.02. The summed E-state index contributed by atoms with van der Waals surface area (Å²) in [5.74, 6) is 2.40. The van der Waals surface area contributed by atoms with Gasteiger partial charge in [0.15, 0.2) is 11.5 Å². The van der Waals surface area contributed by atoms with Crippen molar-refractivity contribution in [1.29, 1.82) is 0 Å². The van der Waals surface area contributed by atoms with Crippen LogP contribution in [-0.2, 0) is 6.54 Å². The first-order valence-electron chi connectivity index (χ1n) is 8.34. The van der Waals surface area contributed by atoms with E-state index >= 15 is 0 Å². The number of benzene rings is 1. The van der Waals surface area contributed by atoms with Gasteiger partial charge in [-0.1, -0.05) is 13.0 Å². The summed E-state index contributed by atoms with van der Waals surface area (Å²) < 4.78 is 10.6. The van der Waals surface area contributed by atoms with E-state index in [1.165, 1.54) is 0 Å². The van der Waals surface area contributed by atoms with Gasteiger partial charge >= 0.3 is 0 Å². The quantitative estimate of drug-likeness (QED) is 0.839. The Bertz CT molecular complexity index is 779. The molecule has 1 aromatic carbocycles. The number of aromatic nitrogens is 2. The molecule has 0 aliphatic carbocycles. The number of hydrogen-bond donors (Lipinski definition) is 2. The second-order valence-corrected chi connectivity index (χ2v) is 6.01.